The fourth-order valence-corrected chi connectivity index (χ4v) is 2.53. The Hall–Kier alpha value is -0.300. The lowest BCUT2D eigenvalue weighted by atomic mass is 10.4. The first-order valence-corrected chi connectivity index (χ1v) is 6.69. The van der Waals surface area contributed by atoms with Crippen molar-refractivity contribution < 1.29 is 9.09 Å². The van der Waals surface area contributed by atoms with E-state index in [0.29, 0.717) is 11.9 Å². The van der Waals surface area contributed by atoms with Crippen LogP contribution in [0, 0.1) is 0 Å². The molecule has 0 radical (unpaired) electrons. The lowest BCUT2D eigenvalue weighted by molar-refractivity contribution is 0.330. The first kappa shape index (κ1) is 10.8. The van der Waals surface area contributed by atoms with E-state index in [1.807, 2.05) is 13.0 Å². The van der Waals surface area contributed by atoms with Gasteiger partial charge in [-0.3, -0.25) is 4.57 Å². The van der Waals surface area contributed by atoms with E-state index >= 15 is 0 Å². The largest absolute Gasteiger partial charge is 0.319 e. The molecule has 0 saturated heterocycles. The van der Waals surface area contributed by atoms with Crippen LogP contribution in [0.3, 0.4) is 0 Å². The number of rotatable bonds is 4. The second-order valence-electron chi connectivity index (χ2n) is 2.65. The maximum atomic E-state index is 11.7. The highest BCUT2D eigenvalue weighted by molar-refractivity contribution is 7.91. The van der Waals surface area contributed by atoms with E-state index in [4.69, 9.17) is 15.8 Å². The maximum Gasteiger partial charge on any atom is 0.319 e. The van der Waals surface area contributed by atoms with Gasteiger partial charge in [-0.15, -0.1) is 0 Å². The summed E-state index contributed by atoms with van der Waals surface area (Å²) in [6.07, 6.45) is 0.809. The minimum absolute atomic E-state index is 0.426. The Bertz CT molecular complexity index is 300. The second-order valence-corrected chi connectivity index (χ2v) is 5.72. The summed E-state index contributed by atoms with van der Waals surface area (Å²) in [5.74, 6) is 0. The van der Waals surface area contributed by atoms with Gasteiger partial charge in [0.05, 0.1) is 11.9 Å². The molecular formula is C9H12ClO2P. The first-order chi connectivity index (χ1) is 6.17. The average molecular weight is 219 g/mol. The molecule has 1 atom stereocenters. The van der Waals surface area contributed by atoms with E-state index in [0.717, 1.165) is 6.42 Å². The Kier molecular flexibility index (Phi) is 3.98. The van der Waals surface area contributed by atoms with Gasteiger partial charge in [0.2, 0.25) is 0 Å². The molecule has 1 rings (SSSR count). The number of benzene rings is 1. The van der Waals surface area contributed by atoms with Crippen LogP contribution >= 0.6 is 18.0 Å². The molecule has 4 heteroatoms. The molecule has 0 aliphatic heterocycles. The van der Waals surface area contributed by atoms with Crippen LogP contribution in [0.4, 0.5) is 0 Å². The third-order valence-electron chi connectivity index (χ3n) is 1.53. The normalized spacial score (nSPS) is 15.2. The Morgan fingerprint density at radius 2 is 2.00 bits per heavy atom. The molecule has 13 heavy (non-hydrogen) atoms. The van der Waals surface area contributed by atoms with Crippen molar-refractivity contribution in [2.75, 3.05) is 6.61 Å². The van der Waals surface area contributed by atoms with Crippen LogP contribution in [-0.4, -0.2) is 6.61 Å². The summed E-state index contributed by atoms with van der Waals surface area (Å²) in [7, 11) is 0. The zero-order chi connectivity index (χ0) is 9.73. The molecule has 0 fully saturated rings. The van der Waals surface area contributed by atoms with Gasteiger partial charge >= 0.3 is 6.72 Å². The van der Waals surface area contributed by atoms with E-state index < -0.39 is 6.72 Å². The molecule has 0 aliphatic carbocycles. The lowest BCUT2D eigenvalue weighted by Crippen LogP contribution is -2.02. The SMILES string of the molecule is CCCOP(=O)(Cl)c1ccccc1. The molecule has 72 valence electrons. The van der Waals surface area contributed by atoms with Gasteiger partial charge in [0.25, 0.3) is 0 Å². The van der Waals surface area contributed by atoms with Crippen LogP contribution in [0.1, 0.15) is 13.3 Å². The third-order valence-corrected chi connectivity index (χ3v) is 3.83. The van der Waals surface area contributed by atoms with Gasteiger partial charge in [-0.1, -0.05) is 25.1 Å². The Labute approximate surface area is 83.1 Å². The minimum atomic E-state index is -3.09. The van der Waals surface area contributed by atoms with E-state index in [9.17, 15) is 4.57 Å². The van der Waals surface area contributed by atoms with Crippen LogP contribution in [0.5, 0.6) is 0 Å². The smallest absolute Gasteiger partial charge is 0.314 e. The van der Waals surface area contributed by atoms with Crippen molar-refractivity contribution >= 4 is 23.3 Å². The molecule has 0 aliphatic rings. The van der Waals surface area contributed by atoms with Gasteiger partial charge < -0.3 is 4.52 Å². The van der Waals surface area contributed by atoms with Gasteiger partial charge in [-0.25, -0.2) is 0 Å². The summed E-state index contributed by atoms with van der Waals surface area (Å²) < 4.78 is 16.8. The molecule has 1 aromatic rings. The van der Waals surface area contributed by atoms with E-state index in [-0.39, 0.29) is 0 Å². The fraction of sp³-hybridized carbons (Fsp3) is 0.333. The molecule has 2 nitrogen and oxygen atoms in total. The number of hydrogen-bond acceptors (Lipinski definition) is 2. The topological polar surface area (TPSA) is 26.3 Å². The summed E-state index contributed by atoms with van der Waals surface area (Å²) in [6, 6.07) is 8.85. The molecule has 0 saturated carbocycles. The Morgan fingerprint density at radius 3 is 2.54 bits per heavy atom. The van der Waals surface area contributed by atoms with Crippen LogP contribution in [0.15, 0.2) is 30.3 Å². The van der Waals surface area contributed by atoms with Crippen molar-refractivity contribution in [2.45, 2.75) is 13.3 Å². The molecule has 0 spiro atoms. The lowest BCUT2D eigenvalue weighted by Gasteiger charge is -2.10. The van der Waals surface area contributed by atoms with Crippen LogP contribution in [0.25, 0.3) is 0 Å². The molecule has 0 aromatic heterocycles. The molecule has 1 aromatic carbocycles. The molecule has 0 amide bonds. The zero-order valence-electron chi connectivity index (χ0n) is 7.44. The monoisotopic (exact) mass is 218 g/mol. The van der Waals surface area contributed by atoms with Crippen LogP contribution in [0.2, 0.25) is 0 Å². The predicted octanol–water partition coefficient (Wildman–Crippen LogP) is 3.17. The highest BCUT2D eigenvalue weighted by atomic mass is 35.7. The van der Waals surface area contributed by atoms with Crippen molar-refractivity contribution in [1.82, 2.24) is 0 Å². The summed E-state index contributed by atoms with van der Waals surface area (Å²) in [4.78, 5) is 0. The van der Waals surface area contributed by atoms with Crippen LogP contribution < -0.4 is 5.30 Å². The van der Waals surface area contributed by atoms with Crippen LogP contribution in [-0.2, 0) is 9.09 Å². The van der Waals surface area contributed by atoms with Crippen molar-refractivity contribution in [3.63, 3.8) is 0 Å². The molecular weight excluding hydrogens is 207 g/mol. The van der Waals surface area contributed by atoms with Gasteiger partial charge in [0.1, 0.15) is 0 Å². The van der Waals surface area contributed by atoms with Gasteiger partial charge in [0.15, 0.2) is 0 Å². The third kappa shape index (κ3) is 3.15. The fourth-order valence-electron chi connectivity index (χ4n) is 0.889. The van der Waals surface area contributed by atoms with Gasteiger partial charge in [0, 0.05) is 0 Å². The summed E-state index contributed by atoms with van der Waals surface area (Å²) in [6.45, 7) is -0.717. The Balaban J connectivity index is 2.76. The van der Waals surface area contributed by atoms with Crippen molar-refractivity contribution in [3.8, 4) is 0 Å². The molecule has 0 N–H and O–H groups in total. The highest BCUT2D eigenvalue weighted by Gasteiger charge is 2.21. The first-order valence-electron chi connectivity index (χ1n) is 4.16. The standard InChI is InChI=1S/C9H12ClO2P/c1-2-8-12-13(10,11)9-6-4-3-5-7-9/h3-7H,2,8H2,1H3. The van der Waals surface area contributed by atoms with Crippen molar-refractivity contribution in [3.05, 3.63) is 30.3 Å². The average Bonchev–Trinajstić information content (AvgIpc) is 2.16. The van der Waals surface area contributed by atoms with Crippen molar-refractivity contribution in [2.24, 2.45) is 0 Å². The second kappa shape index (κ2) is 4.80. The summed E-state index contributed by atoms with van der Waals surface area (Å²) in [5, 5.41) is 0.560. The Morgan fingerprint density at radius 1 is 1.38 bits per heavy atom. The summed E-state index contributed by atoms with van der Waals surface area (Å²) >= 11 is 5.77. The van der Waals surface area contributed by atoms with Gasteiger partial charge in [-0.05, 0) is 29.8 Å². The molecule has 0 heterocycles. The van der Waals surface area contributed by atoms with Crippen molar-refractivity contribution in [1.29, 1.82) is 0 Å². The molecule has 0 bridgehead atoms. The quantitative estimate of drug-likeness (QED) is 0.726. The summed E-state index contributed by atoms with van der Waals surface area (Å²) in [5.41, 5.74) is 0. The zero-order valence-corrected chi connectivity index (χ0v) is 9.09. The predicted molar refractivity (Wildman–Crippen MR) is 55.8 cm³/mol. The number of halogens is 1. The van der Waals surface area contributed by atoms with E-state index in [1.165, 1.54) is 0 Å². The van der Waals surface area contributed by atoms with Gasteiger partial charge in [-0.2, -0.15) is 0 Å². The van der Waals surface area contributed by atoms with E-state index in [2.05, 4.69) is 0 Å². The van der Waals surface area contributed by atoms with E-state index in [1.54, 1.807) is 24.3 Å². The molecule has 1 unspecified atom stereocenters. The minimum Gasteiger partial charge on any atom is -0.314 e. The number of hydrogen-bond donors (Lipinski definition) is 0. The highest BCUT2D eigenvalue weighted by Crippen LogP contribution is 2.50. The maximum absolute atomic E-state index is 11.7.